The molecule has 0 atom stereocenters. The van der Waals surface area contributed by atoms with Crippen molar-refractivity contribution in [3.05, 3.63) is 36.1 Å². The third-order valence-electron chi connectivity index (χ3n) is 4.55. The Bertz CT molecular complexity index is 673. The molecular formula is C17H21F2N3O2. The van der Waals surface area contributed by atoms with E-state index >= 15 is 0 Å². The van der Waals surface area contributed by atoms with Gasteiger partial charge in [-0.05, 0) is 12.5 Å². The minimum absolute atomic E-state index is 0.182. The van der Waals surface area contributed by atoms with Crippen molar-refractivity contribution in [3.63, 3.8) is 0 Å². The molecule has 1 saturated carbocycles. The van der Waals surface area contributed by atoms with Gasteiger partial charge in [0, 0.05) is 31.4 Å². The Balaban J connectivity index is 1.60. The third kappa shape index (κ3) is 3.34. The first-order valence-corrected chi connectivity index (χ1v) is 8.05. The van der Waals surface area contributed by atoms with Crippen LogP contribution in [0.4, 0.5) is 8.78 Å². The van der Waals surface area contributed by atoms with E-state index in [1.54, 1.807) is 21.7 Å². The molecule has 1 aromatic rings. The Morgan fingerprint density at radius 3 is 2.88 bits per heavy atom. The van der Waals surface area contributed by atoms with Gasteiger partial charge in [-0.3, -0.25) is 9.48 Å². The van der Waals surface area contributed by atoms with Crippen LogP contribution < -0.4 is 4.74 Å². The summed E-state index contributed by atoms with van der Waals surface area (Å²) in [4.78, 5) is 13.9. The first kappa shape index (κ1) is 16.7. The van der Waals surface area contributed by atoms with Crippen LogP contribution in [0, 0.1) is 5.92 Å². The largest absolute Gasteiger partial charge is 0.472 e. The SMILES string of the molecule is C=C/C(=C\C)COc1cc2n(n1)CCN(C(=O)C1CC(F)(F)C1)C2. The van der Waals surface area contributed by atoms with Crippen molar-refractivity contribution >= 4 is 5.91 Å². The van der Waals surface area contributed by atoms with E-state index in [-0.39, 0.29) is 18.7 Å². The van der Waals surface area contributed by atoms with Crippen LogP contribution >= 0.6 is 0 Å². The van der Waals surface area contributed by atoms with Gasteiger partial charge >= 0.3 is 0 Å². The molecule has 1 aliphatic heterocycles. The number of aromatic nitrogens is 2. The van der Waals surface area contributed by atoms with Crippen LogP contribution in [-0.2, 0) is 17.9 Å². The Morgan fingerprint density at radius 2 is 2.25 bits per heavy atom. The van der Waals surface area contributed by atoms with Crippen molar-refractivity contribution in [2.75, 3.05) is 13.2 Å². The highest BCUT2D eigenvalue weighted by Crippen LogP contribution is 2.43. The third-order valence-corrected chi connectivity index (χ3v) is 4.55. The Morgan fingerprint density at radius 1 is 1.50 bits per heavy atom. The fourth-order valence-electron chi connectivity index (χ4n) is 3.01. The molecule has 130 valence electrons. The molecule has 2 heterocycles. The summed E-state index contributed by atoms with van der Waals surface area (Å²) in [5.74, 6) is -2.90. The summed E-state index contributed by atoms with van der Waals surface area (Å²) in [5.41, 5.74) is 1.82. The number of alkyl halides is 2. The highest BCUT2D eigenvalue weighted by Gasteiger charge is 2.50. The van der Waals surface area contributed by atoms with E-state index in [0.29, 0.717) is 32.1 Å². The highest BCUT2D eigenvalue weighted by molar-refractivity contribution is 5.80. The van der Waals surface area contributed by atoms with Gasteiger partial charge in [-0.15, -0.1) is 5.10 Å². The van der Waals surface area contributed by atoms with Crippen molar-refractivity contribution in [1.82, 2.24) is 14.7 Å². The van der Waals surface area contributed by atoms with Gasteiger partial charge in [0.2, 0.25) is 17.7 Å². The van der Waals surface area contributed by atoms with Gasteiger partial charge < -0.3 is 9.64 Å². The molecule has 2 aliphatic rings. The first-order valence-electron chi connectivity index (χ1n) is 8.05. The summed E-state index contributed by atoms with van der Waals surface area (Å²) < 4.78 is 33.3. The number of nitrogens with zero attached hydrogens (tertiary/aromatic N) is 3. The second-order valence-corrected chi connectivity index (χ2v) is 6.27. The van der Waals surface area contributed by atoms with Gasteiger partial charge in [-0.2, -0.15) is 0 Å². The molecule has 7 heteroatoms. The quantitative estimate of drug-likeness (QED) is 0.776. The fourth-order valence-corrected chi connectivity index (χ4v) is 3.01. The van der Waals surface area contributed by atoms with Crippen molar-refractivity contribution in [2.24, 2.45) is 5.92 Å². The number of hydrogen-bond donors (Lipinski definition) is 0. The molecular weight excluding hydrogens is 316 g/mol. The van der Waals surface area contributed by atoms with Crippen molar-refractivity contribution < 1.29 is 18.3 Å². The van der Waals surface area contributed by atoms with Crippen LogP contribution in [-0.4, -0.2) is 39.7 Å². The second kappa shape index (κ2) is 6.37. The zero-order chi connectivity index (χ0) is 17.3. The standard InChI is InChI=1S/C17H21F2N3O2/c1-3-12(4-2)11-24-15-7-14-10-21(5-6-22(14)20-15)16(23)13-8-17(18,19)9-13/h3-4,7,13H,1,5-6,8-11H2,2H3/b12-4+. The molecule has 0 radical (unpaired) electrons. The monoisotopic (exact) mass is 337 g/mol. The van der Waals surface area contributed by atoms with E-state index in [2.05, 4.69) is 11.7 Å². The summed E-state index contributed by atoms with van der Waals surface area (Å²) in [5, 5.41) is 4.36. The molecule has 3 rings (SSSR count). The maximum atomic E-state index is 13.0. The fraction of sp³-hybridized carbons (Fsp3) is 0.529. The van der Waals surface area contributed by atoms with Crippen molar-refractivity contribution in [3.8, 4) is 5.88 Å². The second-order valence-electron chi connectivity index (χ2n) is 6.27. The zero-order valence-corrected chi connectivity index (χ0v) is 13.7. The maximum Gasteiger partial charge on any atom is 0.249 e. The summed E-state index contributed by atoms with van der Waals surface area (Å²) >= 11 is 0. The molecule has 1 aromatic heterocycles. The molecule has 0 bridgehead atoms. The predicted octanol–water partition coefficient (Wildman–Crippen LogP) is 2.78. The molecule has 24 heavy (non-hydrogen) atoms. The Hall–Kier alpha value is -2.18. The van der Waals surface area contributed by atoms with Gasteiger partial charge in [0.05, 0.1) is 18.8 Å². The Labute approximate surface area is 139 Å². The molecule has 0 saturated heterocycles. The number of hydrogen-bond acceptors (Lipinski definition) is 3. The van der Waals surface area contributed by atoms with E-state index in [9.17, 15) is 13.6 Å². The van der Waals surface area contributed by atoms with Crippen molar-refractivity contribution in [1.29, 1.82) is 0 Å². The average Bonchev–Trinajstić information content (AvgIpc) is 2.94. The topological polar surface area (TPSA) is 47.4 Å². The van der Waals surface area contributed by atoms with Crippen LogP contribution in [0.5, 0.6) is 5.88 Å². The predicted molar refractivity (Wildman–Crippen MR) is 84.8 cm³/mol. The number of allylic oxidation sites excluding steroid dienone is 1. The van der Waals surface area contributed by atoms with Crippen molar-refractivity contribution in [2.45, 2.75) is 38.8 Å². The normalized spacial score (nSPS) is 20.3. The van der Waals surface area contributed by atoms with E-state index < -0.39 is 11.8 Å². The molecule has 0 N–H and O–H groups in total. The lowest BCUT2D eigenvalue weighted by atomic mass is 9.80. The summed E-state index contributed by atoms with van der Waals surface area (Å²) in [6.45, 7) is 7.42. The van der Waals surface area contributed by atoms with E-state index in [1.807, 2.05) is 13.0 Å². The van der Waals surface area contributed by atoms with E-state index in [1.165, 1.54) is 0 Å². The van der Waals surface area contributed by atoms with Crippen LogP contribution in [0.15, 0.2) is 30.4 Å². The smallest absolute Gasteiger partial charge is 0.249 e. The maximum absolute atomic E-state index is 13.0. The van der Waals surface area contributed by atoms with Crippen LogP contribution in [0.25, 0.3) is 0 Å². The minimum atomic E-state index is -2.67. The van der Waals surface area contributed by atoms with E-state index in [4.69, 9.17) is 4.74 Å². The number of carbonyl (C=O) groups is 1. The number of ether oxygens (including phenoxy) is 1. The molecule has 1 aliphatic carbocycles. The number of amides is 1. The minimum Gasteiger partial charge on any atom is -0.472 e. The van der Waals surface area contributed by atoms with Gasteiger partial charge in [0.1, 0.15) is 6.61 Å². The van der Waals surface area contributed by atoms with Crippen LogP contribution in [0.3, 0.4) is 0 Å². The summed E-state index contributed by atoms with van der Waals surface area (Å²) in [6, 6.07) is 1.80. The number of carbonyl (C=O) groups excluding carboxylic acids is 1. The van der Waals surface area contributed by atoms with E-state index in [0.717, 1.165) is 11.3 Å². The number of halogens is 2. The lowest BCUT2D eigenvalue weighted by molar-refractivity contribution is -0.161. The molecule has 1 amide bonds. The van der Waals surface area contributed by atoms with Gasteiger partial charge in [-0.1, -0.05) is 18.7 Å². The first-order chi connectivity index (χ1) is 11.4. The molecule has 0 unspecified atom stereocenters. The van der Waals surface area contributed by atoms with Crippen LogP contribution in [0.1, 0.15) is 25.5 Å². The summed E-state index contributed by atoms with van der Waals surface area (Å²) in [7, 11) is 0. The Kier molecular flexibility index (Phi) is 4.43. The number of rotatable bonds is 5. The molecule has 5 nitrogen and oxygen atoms in total. The number of fused-ring (bicyclic) bond motifs is 1. The van der Waals surface area contributed by atoms with Crippen LogP contribution in [0.2, 0.25) is 0 Å². The lowest BCUT2D eigenvalue weighted by Crippen LogP contribution is -2.48. The van der Waals surface area contributed by atoms with Gasteiger partial charge in [0.25, 0.3) is 0 Å². The highest BCUT2D eigenvalue weighted by atomic mass is 19.3. The average molecular weight is 337 g/mol. The van der Waals surface area contributed by atoms with Gasteiger partial charge in [0.15, 0.2) is 0 Å². The molecule has 0 spiro atoms. The summed E-state index contributed by atoms with van der Waals surface area (Å²) in [6.07, 6.45) is 2.98. The zero-order valence-electron chi connectivity index (χ0n) is 13.7. The molecule has 0 aromatic carbocycles. The molecule has 1 fully saturated rings. The lowest BCUT2D eigenvalue weighted by Gasteiger charge is -2.38. The van der Waals surface area contributed by atoms with Gasteiger partial charge in [-0.25, -0.2) is 8.78 Å².